The van der Waals surface area contributed by atoms with Crippen molar-refractivity contribution < 1.29 is 36.4 Å². The van der Waals surface area contributed by atoms with Gasteiger partial charge in [0.2, 0.25) is 0 Å². The van der Waals surface area contributed by atoms with Crippen LogP contribution in [0.3, 0.4) is 0 Å². The number of ether oxygens (including phenoxy) is 2. The average Bonchev–Trinajstić information content (AvgIpc) is 0.987. The average molecular weight is 1570 g/mol. The number of halogens is 1. The number of oxazole rings is 1. The van der Waals surface area contributed by atoms with E-state index in [9.17, 15) is 4.79 Å². The van der Waals surface area contributed by atoms with E-state index in [-0.39, 0.29) is 80.3 Å². The fraction of sp³-hybridized carbons (Fsp3) is 0.714. The number of carbonyl (C=O) groups excluding carboxylic acids is 1. The van der Waals surface area contributed by atoms with Crippen LogP contribution in [0.1, 0.15) is 214 Å². The maximum absolute atomic E-state index is 14.1. The molecule has 9 nitrogen and oxygen atoms in total. The molecule has 0 bridgehead atoms. The van der Waals surface area contributed by atoms with Gasteiger partial charge in [0.15, 0.2) is 39.2 Å². The van der Waals surface area contributed by atoms with Gasteiger partial charge in [-0.2, -0.15) is 0 Å². The van der Waals surface area contributed by atoms with E-state index >= 15 is 0 Å². The Morgan fingerprint density at radius 3 is 1.55 bits per heavy atom. The van der Waals surface area contributed by atoms with Crippen LogP contribution in [0.2, 0.25) is 85.8 Å². The van der Waals surface area contributed by atoms with Gasteiger partial charge < -0.3 is 22.4 Å². The van der Waals surface area contributed by atoms with Crippen molar-refractivity contribution in [3.8, 4) is 0 Å². The molecule has 0 aliphatic carbocycles. The van der Waals surface area contributed by atoms with Gasteiger partial charge in [-0.3, -0.25) is 0 Å². The van der Waals surface area contributed by atoms with Gasteiger partial charge in [0.1, 0.15) is 12.0 Å². The van der Waals surface area contributed by atoms with Gasteiger partial charge in [-0.05, 0) is 119 Å². The zero-order chi connectivity index (χ0) is 70.7. The first kappa shape index (κ1) is 88.5. The minimum absolute atomic E-state index is 0.00325. The Bertz CT molecular complexity index is 2540. The van der Waals surface area contributed by atoms with Crippen molar-refractivity contribution in [2.75, 3.05) is 7.11 Å². The SMILES string of the molecule is CCC[CH2][Sn](\[CH]=C/C=C/C=C\C(=O)O[C@H]([C@@H](C)[C@H](C[C@@H](C)O[Si](C)(C)C(C)(C)C)O[Si](C)(C)C(C)(C)C)[C@@H](C)\C=C/C=C/C=C/[C@@H](C[C@@H](OC)[C@@H](C)c1nc(/C=C/C=C\[C@H](O[Si](C)(C)C(C)(C)C)[C@H](C)/C=C(\C)I)co1)O[Si](C)(C)C(C)(C)C)([CH2]CCC)[CH2]CCC. The molecule has 0 unspecified atom stereocenters. The van der Waals surface area contributed by atoms with Gasteiger partial charge in [-0.1, -0.05) is 146 Å². The molecular weight excluding hydrogens is 1420 g/mol. The summed E-state index contributed by atoms with van der Waals surface area (Å²) >= 11 is -0.0547. The summed E-state index contributed by atoms with van der Waals surface area (Å²) in [7, 11) is -6.87. The van der Waals surface area contributed by atoms with Crippen LogP contribution in [0.25, 0.3) is 6.08 Å². The van der Waals surface area contributed by atoms with E-state index in [1.165, 1.54) is 55.4 Å². The minimum atomic E-state index is -2.44. The van der Waals surface area contributed by atoms with Crippen molar-refractivity contribution in [1.29, 1.82) is 0 Å². The number of unbranched alkanes of at least 4 members (excludes halogenated alkanes) is 3. The quantitative estimate of drug-likeness (QED) is 0.0209. The van der Waals surface area contributed by atoms with Crippen LogP contribution < -0.4 is 0 Å². The molecule has 0 spiro atoms. The van der Waals surface area contributed by atoms with Crippen molar-refractivity contribution >= 4 is 86.3 Å². The fourth-order valence-electron chi connectivity index (χ4n) is 10.3. The molecule has 92 heavy (non-hydrogen) atoms. The van der Waals surface area contributed by atoms with Crippen molar-refractivity contribution in [2.24, 2.45) is 17.8 Å². The molecule has 0 saturated heterocycles. The van der Waals surface area contributed by atoms with Crippen LogP contribution in [-0.2, 0) is 32.0 Å². The summed E-state index contributed by atoms with van der Waals surface area (Å²) in [6, 6.07) is 0. The van der Waals surface area contributed by atoms with Crippen LogP contribution in [0, 0.1) is 17.8 Å². The standard InChI is InChI=1S/C65H113INO8Si4.3C4H9.Sn/c1-29-30-31-36-43-59(68)71-60(52(6)58(75-79(27,28)65(17,18)19)45-51(5)72-76(21,22)62(8,9)10)48(2)39-34-32-33-35-41-55(73-77(23,24)63(11,12)13)46-57(69-20)53(7)61-67-54(47-70-61)40-37-38-42-56(49(3)44-50(4)66)74-78(25,26)64(14,15)16;3*1-3-4-2;/h1,29-44,47-49,51-53,55-58,60H,45-46H2,2-28H3;3*1,3-4H2,2H3;/b29-1?,31-30+,33-32+,39-34-,40-37+,41-35+,42-38-,43-36-,50-44+;;;;/t48-,49+,51+,52-,53+,55-,56-,57+,58-,60-;;;;/m0..../s1. The number of nitrogens with zero attached hydrogens (tertiary/aromatic N) is 1. The first-order chi connectivity index (χ1) is 42.3. The molecule has 1 rings (SSSR count). The van der Waals surface area contributed by atoms with Gasteiger partial charge in [0, 0.05) is 25.6 Å². The molecule has 0 amide bonds. The van der Waals surface area contributed by atoms with Gasteiger partial charge in [0.25, 0.3) is 0 Å². The van der Waals surface area contributed by atoms with E-state index < -0.39 is 57.8 Å². The van der Waals surface area contributed by atoms with E-state index in [4.69, 9.17) is 36.6 Å². The first-order valence-corrected chi connectivity index (χ1v) is 55.8. The number of rotatable bonds is 41. The Morgan fingerprint density at radius 1 is 0.587 bits per heavy atom. The molecule has 0 aromatic carbocycles. The molecule has 10 atom stereocenters. The topological polar surface area (TPSA) is 98.5 Å². The molecule has 528 valence electrons. The fourth-order valence-corrected chi connectivity index (χ4v) is 30.4. The Kier molecular flexibility index (Phi) is 39.0. The number of esters is 1. The molecule has 1 heterocycles. The number of allylic oxidation sites excluding steroid dienone is 11. The number of hydrogen-bond donors (Lipinski definition) is 0. The van der Waals surface area contributed by atoms with E-state index in [0.29, 0.717) is 18.7 Å². The van der Waals surface area contributed by atoms with E-state index in [2.05, 4.69) is 291 Å². The van der Waals surface area contributed by atoms with Crippen molar-refractivity contribution in [2.45, 2.75) is 325 Å². The van der Waals surface area contributed by atoms with Gasteiger partial charge in [-0.25, -0.2) is 4.98 Å². The Balaban J connectivity index is 3.76. The molecule has 0 radical (unpaired) electrons. The number of carbonyl (C=O) groups is 1. The summed E-state index contributed by atoms with van der Waals surface area (Å²) in [4.78, 5) is 19.1. The van der Waals surface area contributed by atoms with Gasteiger partial charge >= 0.3 is 202 Å². The molecule has 0 fully saturated rings. The third kappa shape index (κ3) is 31.6. The van der Waals surface area contributed by atoms with Crippen LogP contribution in [0.4, 0.5) is 0 Å². The van der Waals surface area contributed by atoms with Gasteiger partial charge in [0.05, 0.1) is 24.2 Å². The molecule has 0 aliphatic rings. The molecule has 15 heteroatoms. The normalized spacial score (nSPS) is 18.0. The molecule has 1 aromatic heterocycles. The zero-order valence-corrected chi connectivity index (χ0v) is 73.5. The second-order valence-corrected chi connectivity index (χ2v) is 66.7. The molecular formula is C77H140INO8Si4Sn. The second kappa shape index (κ2) is 40.6. The summed E-state index contributed by atoms with van der Waals surface area (Å²) in [6.45, 7) is 65.9. The van der Waals surface area contributed by atoms with Crippen molar-refractivity contribution in [3.05, 3.63) is 117 Å². The Morgan fingerprint density at radius 2 is 1.05 bits per heavy atom. The summed E-state index contributed by atoms with van der Waals surface area (Å²) in [6.07, 6.45) is 42.5. The van der Waals surface area contributed by atoms with Crippen LogP contribution >= 0.6 is 22.6 Å². The third-order valence-corrected chi connectivity index (χ3v) is 53.2. The Hall–Kier alpha value is -1.46. The Labute approximate surface area is 589 Å². The van der Waals surface area contributed by atoms with Crippen molar-refractivity contribution in [1.82, 2.24) is 4.98 Å². The summed E-state index contributed by atoms with van der Waals surface area (Å²) in [5.74, 6) is 0.0606. The second-order valence-electron chi connectivity index (χ2n) is 32.9. The van der Waals surface area contributed by atoms with E-state index in [1.807, 2.05) is 24.3 Å². The molecule has 0 saturated carbocycles. The van der Waals surface area contributed by atoms with E-state index in [1.54, 1.807) is 19.4 Å². The number of hydrogen-bond acceptors (Lipinski definition) is 9. The first-order valence-electron chi connectivity index (χ1n) is 35.4. The zero-order valence-electron chi connectivity index (χ0n) is 64.5. The number of aromatic nitrogens is 1. The van der Waals surface area contributed by atoms with Gasteiger partial charge in [-0.15, -0.1) is 0 Å². The molecule has 0 N–H and O–H groups in total. The molecule has 1 aromatic rings. The summed E-state index contributed by atoms with van der Waals surface area (Å²) in [5, 5.41) is 0.137. The third-order valence-electron chi connectivity index (χ3n) is 20.6. The predicted octanol–water partition coefficient (Wildman–Crippen LogP) is 24.6. The van der Waals surface area contributed by atoms with Crippen LogP contribution in [0.15, 0.2) is 109 Å². The van der Waals surface area contributed by atoms with Crippen LogP contribution in [-0.4, -0.2) is 106 Å². The van der Waals surface area contributed by atoms with Crippen LogP contribution in [0.5, 0.6) is 0 Å². The molecule has 0 aliphatic heterocycles. The predicted molar refractivity (Wildman–Crippen MR) is 422 cm³/mol. The van der Waals surface area contributed by atoms with E-state index in [0.717, 1.165) is 5.69 Å². The summed E-state index contributed by atoms with van der Waals surface area (Å²) in [5.41, 5.74) is 0.749. The maximum atomic E-state index is 14.1. The monoisotopic (exact) mass is 1570 g/mol. The van der Waals surface area contributed by atoms with Crippen molar-refractivity contribution in [3.63, 3.8) is 0 Å². The summed E-state index contributed by atoms with van der Waals surface area (Å²) < 4.78 is 55.8. The number of methoxy groups -OCH3 is 1.